The number of hydrogen-bond acceptors (Lipinski definition) is 5. The van der Waals surface area contributed by atoms with Crippen molar-refractivity contribution in [2.45, 2.75) is 0 Å². The minimum absolute atomic E-state index is 0.594. The van der Waals surface area contributed by atoms with Gasteiger partial charge in [-0.2, -0.15) is 0 Å². The van der Waals surface area contributed by atoms with Crippen LogP contribution in [0.2, 0.25) is 0 Å². The predicted octanol–water partition coefficient (Wildman–Crippen LogP) is 14.1. The summed E-state index contributed by atoms with van der Waals surface area (Å²) >= 11 is 1.84. The number of furan rings is 1. The maximum absolute atomic E-state index is 6.87. The molecule has 0 aliphatic carbocycles. The van der Waals surface area contributed by atoms with Crippen molar-refractivity contribution in [3.63, 3.8) is 0 Å². The monoisotopic (exact) mass is 733 g/mol. The Morgan fingerprint density at radius 3 is 1.73 bits per heavy atom. The second-order valence-electron chi connectivity index (χ2n) is 13.9. The van der Waals surface area contributed by atoms with Gasteiger partial charge >= 0.3 is 0 Å². The van der Waals surface area contributed by atoms with Gasteiger partial charge < -0.3 is 4.42 Å². The molecule has 0 saturated heterocycles. The summed E-state index contributed by atoms with van der Waals surface area (Å²) in [6, 6.07) is 65.5. The van der Waals surface area contributed by atoms with Crippen molar-refractivity contribution in [2.75, 3.05) is 0 Å². The Morgan fingerprint density at radius 2 is 0.929 bits per heavy atom. The van der Waals surface area contributed by atoms with E-state index in [1.807, 2.05) is 59.9 Å². The number of hydrogen-bond donors (Lipinski definition) is 0. The molecule has 0 atom stereocenters. The number of benzene rings is 8. The first-order valence-corrected chi connectivity index (χ1v) is 19.5. The summed E-state index contributed by atoms with van der Waals surface area (Å²) < 4.78 is 9.37. The van der Waals surface area contributed by atoms with Gasteiger partial charge in [-0.05, 0) is 40.5 Å². The summed E-state index contributed by atoms with van der Waals surface area (Å²) in [6.45, 7) is 0. The second-order valence-corrected chi connectivity index (χ2v) is 15.0. The average molecular weight is 734 g/mol. The first-order chi connectivity index (χ1) is 27.8. The van der Waals surface area contributed by atoms with Crippen molar-refractivity contribution >= 4 is 53.4 Å². The molecule has 0 radical (unpaired) electrons. The predicted molar refractivity (Wildman–Crippen MR) is 233 cm³/mol. The highest BCUT2D eigenvalue weighted by molar-refractivity contribution is 7.26. The second kappa shape index (κ2) is 13.3. The third-order valence-electron chi connectivity index (χ3n) is 10.6. The van der Waals surface area contributed by atoms with Gasteiger partial charge in [-0.1, -0.05) is 170 Å². The van der Waals surface area contributed by atoms with Gasteiger partial charge in [0.1, 0.15) is 11.2 Å². The zero-order valence-corrected chi connectivity index (χ0v) is 30.9. The molecular formula is C51H31N3OS. The van der Waals surface area contributed by atoms with Gasteiger partial charge in [0.05, 0.1) is 0 Å². The highest BCUT2D eigenvalue weighted by Crippen LogP contribution is 2.47. The van der Waals surface area contributed by atoms with Gasteiger partial charge in [-0.3, -0.25) is 0 Å². The molecule has 0 amide bonds. The zero-order valence-electron chi connectivity index (χ0n) is 30.1. The van der Waals surface area contributed by atoms with Crippen LogP contribution in [0.15, 0.2) is 192 Å². The van der Waals surface area contributed by atoms with E-state index < -0.39 is 0 Å². The molecule has 56 heavy (non-hydrogen) atoms. The fourth-order valence-corrected chi connectivity index (χ4v) is 9.21. The molecule has 0 unspecified atom stereocenters. The Morgan fingerprint density at radius 1 is 0.357 bits per heavy atom. The Labute approximate surface area is 327 Å². The van der Waals surface area contributed by atoms with E-state index >= 15 is 0 Å². The van der Waals surface area contributed by atoms with E-state index in [1.165, 1.54) is 31.3 Å². The van der Waals surface area contributed by atoms with E-state index in [4.69, 9.17) is 19.4 Å². The lowest BCUT2D eigenvalue weighted by atomic mass is 9.94. The minimum atomic E-state index is 0.594. The number of thiophene rings is 1. The molecular weight excluding hydrogens is 703 g/mol. The molecule has 0 aliphatic rings. The zero-order chi connectivity index (χ0) is 37.0. The fraction of sp³-hybridized carbons (Fsp3) is 0. The SMILES string of the molecule is c1ccc(-c2cccc(-c3nc(-c4ccccc4)nc(-c4cccc5oc6c(-c7ccc(-c8ccccc8)c8c7sc7ccccc78)cccc6c45)n3)c2)cc1. The molecule has 0 saturated carbocycles. The van der Waals surface area contributed by atoms with Crippen LogP contribution in [-0.4, -0.2) is 15.0 Å². The molecule has 0 fully saturated rings. The number of para-hydroxylation sites is 1. The molecule has 3 heterocycles. The summed E-state index contributed by atoms with van der Waals surface area (Å²) in [4.78, 5) is 15.4. The van der Waals surface area contributed by atoms with E-state index in [-0.39, 0.29) is 0 Å². The van der Waals surface area contributed by atoms with Gasteiger partial charge in [0.2, 0.25) is 0 Å². The van der Waals surface area contributed by atoms with Crippen molar-refractivity contribution in [3.05, 3.63) is 188 Å². The Balaban J connectivity index is 1.12. The van der Waals surface area contributed by atoms with Crippen LogP contribution in [0, 0.1) is 0 Å². The van der Waals surface area contributed by atoms with Crippen molar-refractivity contribution in [1.82, 2.24) is 15.0 Å². The van der Waals surface area contributed by atoms with Gasteiger partial charge in [0.25, 0.3) is 0 Å². The van der Waals surface area contributed by atoms with Gasteiger partial charge in [-0.15, -0.1) is 11.3 Å². The smallest absolute Gasteiger partial charge is 0.164 e. The van der Waals surface area contributed by atoms with Crippen molar-refractivity contribution in [3.8, 4) is 67.5 Å². The lowest BCUT2D eigenvalue weighted by molar-refractivity contribution is 0.670. The molecule has 4 nitrogen and oxygen atoms in total. The van der Waals surface area contributed by atoms with Crippen LogP contribution in [-0.2, 0) is 0 Å². The first kappa shape index (κ1) is 32.2. The molecule has 0 aliphatic heterocycles. The molecule has 11 rings (SSSR count). The quantitative estimate of drug-likeness (QED) is 0.171. The number of aromatic nitrogens is 3. The summed E-state index contributed by atoms with van der Waals surface area (Å²) in [5.41, 5.74) is 11.3. The maximum atomic E-state index is 6.87. The summed E-state index contributed by atoms with van der Waals surface area (Å²) in [5.74, 6) is 1.83. The van der Waals surface area contributed by atoms with E-state index in [2.05, 4.69) is 140 Å². The molecule has 0 spiro atoms. The Kier molecular flexibility index (Phi) is 7.64. The van der Waals surface area contributed by atoms with Crippen LogP contribution >= 0.6 is 11.3 Å². The van der Waals surface area contributed by atoms with Gasteiger partial charge in [0.15, 0.2) is 17.5 Å². The van der Waals surface area contributed by atoms with Crippen LogP contribution in [0.4, 0.5) is 0 Å². The summed E-state index contributed by atoms with van der Waals surface area (Å²) in [6.07, 6.45) is 0. The van der Waals surface area contributed by atoms with Crippen LogP contribution in [0.1, 0.15) is 0 Å². The topological polar surface area (TPSA) is 51.8 Å². The van der Waals surface area contributed by atoms with E-state index in [1.54, 1.807) is 0 Å². The largest absolute Gasteiger partial charge is 0.455 e. The minimum Gasteiger partial charge on any atom is -0.455 e. The molecule has 11 aromatic rings. The third kappa shape index (κ3) is 5.40. The van der Waals surface area contributed by atoms with Crippen molar-refractivity contribution in [1.29, 1.82) is 0 Å². The molecule has 262 valence electrons. The molecule has 3 aromatic heterocycles. The van der Waals surface area contributed by atoms with Crippen molar-refractivity contribution < 1.29 is 4.42 Å². The standard InChI is InChI=1S/C51H31N3OS/c1-4-15-32(16-5-1)35-21-12-22-36(31-35)50-52-49(34-19-8-3-9-20-34)53-51(54-50)42-26-14-27-43-45(42)41-25-13-24-38(47(41)55-43)39-30-29-37(33-17-6-2-7-18-33)46-40-23-10-11-28-44(40)56-48(39)46/h1-31H. The van der Waals surface area contributed by atoms with E-state index in [9.17, 15) is 0 Å². The number of nitrogens with zero attached hydrogens (tertiary/aromatic N) is 3. The van der Waals surface area contributed by atoms with Crippen LogP contribution in [0.5, 0.6) is 0 Å². The number of fused-ring (bicyclic) bond motifs is 6. The lowest BCUT2D eigenvalue weighted by Crippen LogP contribution is -2.00. The molecule has 0 N–H and O–H groups in total. The van der Waals surface area contributed by atoms with E-state index in [0.29, 0.717) is 17.5 Å². The molecule has 5 heteroatoms. The highest BCUT2D eigenvalue weighted by Gasteiger charge is 2.22. The lowest BCUT2D eigenvalue weighted by Gasteiger charge is -2.11. The third-order valence-corrected chi connectivity index (χ3v) is 11.8. The number of rotatable bonds is 6. The summed E-state index contributed by atoms with van der Waals surface area (Å²) in [7, 11) is 0. The Hall–Kier alpha value is -7.21. The molecule has 0 bridgehead atoms. The van der Waals surface area contributed by atoms with Crippen molar-refractivity contribution in [2.24, 2.45) is 0 Å². The van der Waals surface area contributed by atoms with Crippen LogP contribution in [0.25, 0.3) is 110 Å². The summed E-state index contributed by atoms with van der Waals surface area (Å²) in [5, 5.41) is 4.53. The maximum Gasteiger partial charge on any atom is 0.164 e. The van der Waals surface area contributed by atoms with Gasteiger partial charge in [-0.25, -0.2) is 15.0 Å². The normalized spacial score (nSPS) is 11.6. The highest BCUT2D eigenvalue weighted by atomic mass is 32.1. The van der Waals surface area contributed by atoms with Crippen LogP contribution in [0.3, 0.4) is 0 Å². The Bertz CT molecular complexity index is 3240. The van der Waals surface area contributed by atoms with Gasteiger partial charge in [0, 0.05) is 58.8 Å². The van der Waals surface area contributed by atoms with Crippen LogP contribution < -0.4 is 0 Å². The average Bonchev–Trinajstić information content (AvgIpc) is 3.86. The van der Waals surface area contributed by atoms with E-state index in [0.717, 1.165) is 60.9 Å². The first-order valence-electron chi connectivity index (χ1n) is 18.7. The fourth-order valence-electron chi connectivity index (χ4n) is 7.96. The molecule has 8 aromatic carbocycles.